The Morgan fingerprint density at radius 2 is 1.50 bits per heavy atom. The first kappa shape index (κ1) is 12.8. The Bertz CT molecular complexity index is 986. The van der Waals surface area contributed by atoms with Gasteiger partial charge in [-0.05, 0) is 42.8 Å². The maximum atomic E-state index is 5.84. The van der Waals surface area contributed by atoms with E-state index in [4.69, 9.17) is 10.7 Å². The number of aryl methyl sites for hydroxylation is 1. The van der Waals surface area contributed by atoms with E-state index < -0.39 is 0 Å². The molecule has 106 valence electrons. The molecular formula is C20H16N2. The van der Waals surface area contributed by atoms with Crippen LogP contribution in [0, 0.1) is 6.92 Å². The molecule has 22 heavy (non-hydrogen) atoms. The van der Waals surface area contributed by atoms with E-state index >= 15 is 0 Å². The third-order valence-electron chi connectivity index (χ3n) is 4.04. The van der Waals surface area contributed by atoms with Crippen LogP contribution in [0.4, 0.5) is 5.69 Å². The Morgan fingerprint density at radius 1 is 0.773 bits per heavy atom. The number of rotatable bonds is 1. The molecule has 0 saturated heterocycles. The van der Waals surface area contributed by atoms with Crippen LogP contribution in [0.2, 0.25) is 0 Å². The largest absolute Gasteiger partial charge is 0.399 e. The van der Waals surface area contributed by atoms with E-state index in [2.05, 4.69) is 55.5 Å². The average molecular weight is 284 g/mol. The molecule has 1 heterocycles. The molecule has 2 N–H and O–H groups in total. The lowest BCUT2D eigenvalue weighted by Gasteiger charge is -2.12. The zero-order valence-electron chi connectivity index (χ0n) is 12.4. The SMILES string of the molecule is Cc1ccc2nc3ccccc3c(-c3ccc(N)cc3)c2c1. The van der Waals surface area contributed by atoms with Gasteiger partial charge in [0.15, 0.2) is 0 Å². The molecule has 0 aliphatic carbocycles. The van der Waals surface area contributed by atoms with E-state index in [1.807, 2.05) is 18.2 Å². The molecular weight excluding hydrogens is 268 g/mol. The molecule has 3 aromatic carbocycles. The van der Waals surface area contributed by atoms with Crippen molar-refractivity contribution in [3.63, 3.8) is 0 Å². The lowest BCUT2D eigenvalue weighted by molar-refractivity contribution is 1.45. The van der Waals surface area contributed by atoms with Crippen molar-refractivity contribution in [2.24, 2.45) is 0 Å². The van der Waals surface area contributed by atoms with Crippen molar-refractivity contribution < 1.29 is 0 Å². The van der Waals surface area contributed by atoms with Gasteiger partial charge in [-0.3, -0.25) is 0 Å². The van der Waals surface area contributed by atoms with Crippen molar-refractivity contribution in [1.29, 1.82) is 0 Å². The summed E-state index contributed by atoms with van der Waals surface area (Å²) in [7, 11) is 0. The summed E-state index contributed by atoms with van der Waals surface area (Å²) in [5, 5.41) is 2.36. The minimum atomic E-state index is 0.780. The normalized spacial score (nSPS) is 11.1. The van der Waals surface area contributed by atoms with Crippen LogP contribution < -0.4 is 5.73 Å². The smallest absolute Gasteiger partial charge is 0.0716 e. The van der Waals surface area contributed by atoms with Gasteiger partial charge in [-0.1, -0.05) is 42.0 Å². The molecule has 0 radical (unpaired) electrons. The van der Waals surface area contributed by atoms with E-state index in [1.165, 1.54) is 27.5 Å². The summed E-state index contributed by atoms with van der Waals surface area (Å²) in [5.74, 6) is 0. The van der Waals surface area contributed by atoms with Crippen LogP contribution in [0.15, 0.2) is 66.7 Å². The zero-order chi connectivity index (χ0) is 15.1. The summed E-state index contributed by atoms with van der Waals surface area (Å²) in [6.07, 6.45) is 0. The summed E-state index contributed by atoms with van der Waals surface area (Å²) in [6, 6.07) is 22.8. The van der Waals surface area contributed by atoms with E-state index in [1.54, 1.807) is 0 Å². The molecule has 1 aromatic heterocycles. The van der Waals surface area contributed by atoms with Crippen molar-refractivity contribution in [3.8, 4) is 11.1 Å². The molecule has 4 aromatic rings. The fourth-order valence-electron chi connectivity index (χ4n) is 2.97. The number of para-hydroxylation sites is 1. The third-order valence-corrected chi connectivity index (χ3v) is 4.04. The summed E-state index contributed by atoms with van der Waals surface area (Å²) >= 11 is 0. The van der Waals surface area contributed by atoms with Crippen molar-refractivity contribution >= 4 is 27.5 Å². The standard InChI is InChI=1S/C20H16N2/c1-13-6-11-19-17(12-13)20(14-7-9-15(21)10-8-14)16-4-2-3-5-18(16)22-19/h2-12H,21H2,1H3. The number of anilines is 1. The Morgan fingerprint density at radius 3 is 2.32 bits per heavy atom. The topological polar surface area (TPSA) is 38.9 Å². The molecule has 0 amide bonds. The second-order valence-corrected chi connectivity index (χ2v) is 5.65. The van der Waals surface area contributed by atoms with Gasteiger partial charge in [0.2, 0.25) is 0 Å². The first-order valence-electron chi connectivity index (χ1n) is 7.37. The van der Waals surface area contributed by atoms with Crippen LogP contribution in [0.25, 0.3) is 32.9 Å². The number of fused-ring (bicyclic) bond motifs is 2. The highest BCUT2D eigenvalue weighted by molar-refractivity contribution is 6.09. The Kier molecular flexibility index (Phi) is 2.83. The number of nitrogens with two attached hydrogens (primary N) is 1. The van der Waals surface area contributed by atoms with E-state index in [-0.39, 0.29) is 0 Å². The van der Waals surface area contributed by atoms with Gasteiger partial charge < -0.3 is 5.73 Å². The Balaban J connectivity index is 2.19. The van der Waals surface area contributed by atoms with Gasteiger partial charge in [0.25, 0.3) is 0 Å². The Labute approximate surface area is 129 Å². The molecule has 0 aliphatic rings. The number of hydrogen-bond acceptors (Lipinski definition) is 2. The highest BCUT2D eigenvalue weighted by Gasteiger charge is 2.11. The summed E-state index contributed by atoms with van der Waals surface area (Å²) in [4.78, 5) is 4.80. The molecule has 0 bridgehead atoms. The first-order valence-corrected chi connectivity index (χ1v) is 7.37. The summed E-state index contributed by atoms with van der Waals surface area (Å²) in [5.41, 5.74) is 12.3. The summed E-state index contributed by atoms with van der Waals surface area (Å²) < 4.78 is 0. The van der Waals surface area contributed by atoms with Gasteiger partial charge in [0.05, 0.1) is 11.0 Å². The average Bonchev–Trinajstić information content (AvgIpc) is 2.54. The fraction of sp³-hybridized carbons (Fsp3) is 0.0500. The number of benzene rings is 3. The van der Waals surface area contributed by atoms with E-state index in [0.29, 0.717) is 0 Å². The van der Waals surface area contributed by atoms with Crippen LogP contribution >= 0.6 is 0 Å². The fourth-order valence-corrected chi connectivity index (χ4v) is 2.97. The van der Waals surface area contributed by atoms with Crippen LogP contribution in [-0.4, -0.2) is 4.98 Å². The Hall–Kier alpha value is -2.87. The van der Waals surface area contributed by atoms with Crippen molar-refractivity contribution in [2.75, 3.05) is 5.73 Å². The molecule has 0 saturated carbocycles. The first-order chi connectivity index (χ1) is 10.7. The van der Waals surface area contributed by atoms with Gasteiger partial charge in [0, 0.05) is 22.0 Å². The molecule has 0 atom stereocenters. The maximum absolute atomic E-state index is 5.84. The summed E-state index contributed by atoms with van der Waals surface area (Å²) in [6.45, 7) is 2.11. The van der Waals surface area contributed by atoms with Crippen molar-refractivity contribution in [2.45, 2.75) is 6.92 Å². The van der Waals surface area contributed by atoms with Crippen LogP contribution in [-0.2, 0) is 0 Å². The number of hydrogen-bond donors (Lipinski definition) is 1. The lowest BCUT2D eigenvalue weighted by Crippen LogP contribution is -1.90. The number of nitrogen functional groups attached to an aromatic ring is 1. The van der Waals surface area contributed by atoms with E-state index in [9.17, 15) is 0 Å². The number of aromatic nitrogens is 1. The van der Waals surface area contributed by atoms with Gasteiger partial charge in [0.1, 0.15) is 0 Å². The highest BCUT2D eigenvalue weighted by atomic mass is 14.7. The minimum Gasteiger partial charge on any atom is -0.399 e. The van der Waals surface area contributed by atoms with Crippen LogP contribution in [0.1, 0.15) is 5.56 Å². The molecule has 2 heteroatoms. The monoisotopic (exact) mass is 284 g/mol. The number of nitrogens with zero attached hydrogens (tertiary/aromatic N) is 1. The lowest BCUT2D eigenvalue weighted by atomic mass is 9.95. The van der Waals surface area contributed by atoms with Crippen molar-refractivity contribution in [3.05, 3.63) is 72.3 Å². The van der Waals surface area contributed by atoms with Crippen LogP contribution in [0.5, 0.6) is 0 Å². The quantitative estimate of drug-likeness (QED) is 0.397. The van der Waals surface area contributed by atoms with Gasteiger partial charge in [-0.25, -0.2) is 4.98 Å². The highest BCUT2D eigenvalue weighted by Crippen LogP contribution is 2.35. The zero-order valence-corrected chi connectivity index (χ0v) is 12.4. The molecule has 0 fully saturated rings. The molecule has 0 unspecified atom stereocenters. The molecule has 0 aliphatic heterocycles. The predicted molar refractivity (Wildman–Crippen MR) is 93.8 cm³/mol. The van der Waals surface area contributed by atoms with Crippen LogP contribution in [0.3, 0.4) is 0 Å². The van der Waals surface area contributed by atoms with Gasteiger partial charge >= 0.3 is 0 Å². The van der Waals surface area contributed by atoms with E-state index in [0.717, 1.165) is 16.7 Å². The minimum absolute atomic E-state index is 0.780. The van der Waals surface area contributed by atoms with Gasteiger partial charge in [-0.15, -0.1) is 0 Å². The maximum Gasteiger partial charge on any atom is 0.0716 e. The molecule has 4 rings (SSSR count). The van der Waals surface area contributed by atoms with Gasteiger partial charge in [-0.2, -0.15) is 0 Å². The third kappa shape index (κ3) is 2.01. The number of pyridine rings is 1. The molecule has 0 spiro atoms. The van der Waals surface area contributed by atoms with Crippen molar-refractivity contribution in [1.82, 2.24) is 4.98 Å². The predicted octanol–water partition coefficient (Wildman–Crippen LogP) is 4.95. The second-order valence-electron chi connectivity index (χ2n) is 5.65. The second kappa shape index (κ2) is 4.85. The molecule has 2 nitrogen and oxygen atoms in total.